The Hall–Kier alpha value is -1.63. The third-order valence-electron chi connectivity index (χ3n) is 2.59. The summed E-state index contributed by atoms with van der Waals surface area (Å²) in [6.45, 7) is 2.51. The summed E-state index contributed by atoms with van der Waals surface area (Å²) < 4.78 is 15.9. The maximum atomic E-state index is 11.2. The number of aromatic nitrogens is 2. The molecule has 2 rings (SSSR count). The van der Waals surface area contributed by atoms with Crippen molar-refractivity contribution in [2.24, 2.45) is 0 Å². The first-order chi connectivity index (χ1) is 8.09. The number of nitrogens with one attached hydrogen (secondary N) is 1. The number of benzene rings is 1. The van der Waals surface area contributed by atoms with Crippen molar-refractivity contribution in [2.45, 2.75) is 12.2 Å². The van der Waals surface area contributed by atoms with Gasteiger partial charge in [-0.1, -0.05) is 0 Å². The van der Waals surface area contributed by atoms with E-state index in [4.69, 9.17) is 5.73 Å². The van der Waals surface area contributed by atoms with Crippen molar-refractivity contribution >= 4 is 33.2 Å². The van der Waals surface area contributed by atoms with E-state index in [1.165, 1.54) is 0 Å². The number of rotatable bonds is 4. The van der Waals surface area contributed by atoms with Gasteiger partial charge in [-0.25, -0.2) is 4.63 Å². The van der Waals surface area contributed by atoms with Gasteiger partial charge in [0.2, 0.25) is 0 Å². The van der Waals surface area contributed by atoms with Crippen molar-refractivity contribution in [3.63, 3.8) is 0 Å². The van der Waals surface area contributed by atoms with E-state index < -0.39 is 10.8 Å². The Bertz CT molecular complexity index is 554. The van der Waals surface area contributed by atoms with Crippen molar-refractivity contribution in [1.82, 2.24) is 10.3 Å². The van der Waals surface area contributed by atoms with Gasteiger partial charge < -0.3 is 11.1 Å². The number of hydrogen-bond donors (Lipinski definition) is 2. The molecule has 2 aromatic rings. The van der Waals surface area contributed by atoms with Gasteiger partial charge >= 0.3 is 0 Å². The standard InChI is InChI=1S/C10H14N4O2S/c1-6(17(2)15)5-12-8-4-3-7(11)9-10(8)14-16-13-9/h3-4,6,12H,5,11H2,1-2H3. The quantitative estimate of drug-likeness (QED) is 0.790. The summed E-state index contributed by atoms with van der Waals surface area (Å²) in [4.78, 5) is 0. The number of nitrogen functional groups attached to an aromatic ring is 1. The van der Waals surface area contributed by atoms with Crippen LogP contribution in [0.15, 0.2) is 16.8 Å². The summed E-state index contributed by atoms with van der Waals surface area (Å²) in [7, 11) is -0.859. The Labute approximate surface area is 101 Å². The smallest absolute Gasteiger partial charge is 0.160 e. The summed E-state index contributed by atoms with van der Waals surface area (Å²) >= 11 is 0. The lowest BCUT2D eigenvalue weighted by molar-refractivity contribution is 0.316. The highest BCUT2D eigenvalue weighted by Crippen LogP contribution is 2.25. The highest BCUT2D eigenvalue weighted by molar-refractivity contribution is 7.84. The van der Waals surface area contributed by atoms with Crippen molar-refractivity contribution in [1.29, 1.82) is 0 Å². The summed E-state index contributed by atoms with van der Waals surface area (Å²) in [5.74, 6) is 0. The topological polar surface area (TPSA) is 94.0 Å². The molecule has 1 aromatic carbocycles. The average Bonchev–Trinajstić information content (AvgIpc) is 2.77. The molecule has 0 saturated heterocycles. The second kappa shape index (κ2) is 4.70. The minimum Gasteiger partial charge on any atom is -0.397 e. The van der Waals surface area contributed by atoms with Crippen LogP contribution in [0.2, 0.25) is 0 Å². The molecular formula is C10H14N4O2S. The van der Waals surface area contributed by atoms with E-state index in [0.29, 0.717) is 23.3 Å². The van der Waals surface area contributed by atoms with Crippen LogP contribution in [0, 0.1) is 0 Å². The van der Waals surface area contributed by atoms with Crippen LogP contribution in [-0.4, -0.2) is 32.6 Å². The van der Waals surface area contributed by atoms with Gasteiger partial charge in [-0.2, -0.15) is 0 Å². The van der Waals surface area contributed by atoms with Gasteiger partial charge in [0.15, 0.2) is 11.0 Å². The minimum absolute atomic E-state index is 0.0578. The lowest BCUT2D eigenvalue weighted by Crippen LogP contribution is -2.20. The van der Waals surface area contributed by atoms with Crippen LogP contribution in [0.4, 0.5) is 11.4 Å². The summed E-state index contributed by atoms with van der Waals surface area (Å²) in [6, 6.07) is 3.55. The lowest BCUT2D eigenvalue weighted by atomic mass is 10.2. The van der Waals surface area contributed by atoms with Gasteiger partial charge in [0.05, 0.1) is 11.4 Å². The average molecular weight is 254 g/mol. The van der Waals surface area contributed by atoms with Crippen LogP contribution in [0.3, 0.4) is 0 Å². The van der Waals surface area contributed by atoms with E-state index in [0.717, 1.165) is 5.69 Å². The predicted molar refractivity (Wildman–Crippen MR) is 68.2 cm³/mol. The largest absolute Gasteiger partial charge is 0.397 e. The first-order valence-electron chi connectivity index (χ1n) is 5.16. The molecule has 1 aromatic heterocycles. The Morgan fingerprint density at radius 3 is 2.88 bits per heavy atom. The fraction of sp³-hybridized carbons (Fsp3) is 0.400. The van der Waals surface area contributed by atoms with Crippen LogP contribution in [0.5, 0.6) is 0 Å². The minimum atomic E-state index is -0.859. The van der Waals surface area contributed by atoms with E-state index >= 15 is 0 Å². The van der Waals surface area contributed by atoms with E-state index in [2.05, 4.69) is 20.3 Å². The normalized spacial score (nSPS) is 14.7. The van der Waals surface area contributed by atoms with Crippen molar-refractivity contribution in [2.75, 3.05) is 23.9 Å². The van der Waals surface area contributed by atoms with Crippen LogP contribution in [-0.2, 0) is 10.8 Å². The number of nitrogens with zero attached hydrogens (tertiary/aromatic N) is 2. The molecule has 6 nitrogen and oxygen atoms in total. The zero-order chi connectivity index (χ0) is 12.4. The highest BCUT2D eigenvalue weighted by Gasteiger charge is 2.11. The third kappa shape index (κ3) is 2.38. The van der Waals surface area contributed by atoms with E-state index in [1.54, 1.807) is 12.3 Å². The SMILES string of the molecule is CC(CNc1ccc(N)c2nonc12)S(C)=O. The van der Waals surface area contributed by atoms with Crippen LogP contribution in [0.1, 0.15) is 6.92 Å². The first kappa shape index (κ1) is 11.8. The van der Waals surface area contributed by atoms with Crippen LogP contribution in [0.25, 0.3) is 11.0 Å². The van der Waals surface area contributed by atoms with E-state index in [1.807, 2.05) is 13.0 Å². The van der Waals surface area contributed by atoms with Crippen LogP contribution < -0.4 is 11.1 Å². The van der Waals surface area contributed by atoms with Gasteiger partial charge in [-0.15, -0.1) is 0 Å². The second-order valence-corrected chi connectivity index (χ2v) is 5.66. The number of anilines is 2. The summed E-state index contributed by atoms with van der Waals surface area (Å²) in [5, 5.41) is 10.8. The fourth-order valence-corrected chi connectivity index (χ4v) is 1.72. The van der Waals surface area contributed by atoms with Crippen LogP contribution >= 0.6 is 0 Å². The Kier molecular flexibility index (Phi) is 3.28. The van der Waals surface area contributed by atoms with Gasteiger partial charge in [0, 0.05) is 28.9 Å². The third-order valence-corrected chi connectivity index (χ3v) is 3.89. The molecule has 0 aliphatic rings. The zero-order valence-electron chi connectivity index (χ0n) is 9.64. The Morgan fingerprint density at radius 2 is 2.18 bits per heavy atom. The molecule has 0 aliphatic carbocycles. The van der Waals surface area contributed by atoms with Gasteiger partial charge in [-0.05, 0) is 29.4 Å². The second-order valence-electron chi connectivity index (χ2n) is 3.85. The van der Waals surface area contributed by atoms with Crippen molar-refractivity contribution < 1.29 is 8.84 Å². The molecule has 0 amide bonds. The Balaban J connectivity index is 2.22. The molecule has 0 radical (unpaired) electrons. The molecule has 2 atom stereocenters. The molecule has 0 spiro atoms. The number of fused-ring (bicyclic) bond motifs is 1. The van der Waals surface area contributed by atoms with Crippen molar-refractivity contribution in [3.8, 4) is 0 Å². The molecule has 92 valence electrons. The molecule has 17 heavy (non-hydrogen) atoms. The number of hydrogen-bond acceptors (Lipinski definition) is 6. The Morgan fingerprint density at radius 1 is 1.47 bits per heavy atom. The molecule has 0 aliphatic heterocycles. The maximum Gasteiger partial charge on any atom is 0.160 e. The highest BCUT2D eigenvalue weighted by atomic mass is 32.2. The zero-order valence-corrected chi connectivity index (χ0v) is 10.5. The maximum absolute atomic E-state index is 11.2. The van der Waals surface area contributed by atoms with Crippen molar-refractivity contribution in [3.05, 3.63) is 12.1 Å². The monoisotopic (exact) mass is 254 g/mol. The molecule has 2 unspecified atom stereocenters. The molecule has 0 bridgehead atoms. The molecule has 0 saturated carbocycles. The fourth-order valence-electron chi connectivity index (χ4n) is 1.40. The summed E-state index contributed by atoms with van der Waals surface area (Å²) in [6.07, 6.45) is 1.68. The molecule has 3 N–H and O–H groups in total. The number of nitrogens with two attached hydrogens (primary N) is 1. The lowest BCUT2D eigenvalue weighted by Gasteiger charge is -2.11. The van der Waals surface area contributed by atoms with E-state index in [-0.39, 0.29) is 5.25 Å². The van der Waals surface area contributed by atoms with Gasteiger partial charge in [0.1, 0.15) is 0 Å². The van der Waals surface area contributed by atoms with Gasteiger partial charge in [-0.3, -0.25) is 4.21 Å². The van der Waals surface area contributed by atoms with E-state index in [9.17, 15) is 4.21 Å². The van der Waals surface area contributed by atoms with Gasteiger partial charge in [0.25, 0.3) is 0 Å². The summed E-state index contributed by atoms with van der Waals surface area (Å²) in [5.41, 5.74) is 8.18. The molecular weight excluding hydrogens is 240 g/mol. The molecule has 0 fully saturated rings. The molecule has 1 heterocycles. The first-order valence-corrected chi connectivity index (χ1v) is 6.78. The molecule has 7 heteroatoms. The predicted octanol–water partition coefficient (Wildman–Crippen LogP) is 0.984.